The van der Waals surface area contributed by atoms with Crippen molar-refractivity contribution < 1.29 is 17.9 Å². The summed E-state index contributed by atoms with van der Waals surface area (Å²) in [7, 11) is -3.76. The standard InChI is InChI=1S/C19H30N2O4S/c1-3-25-17-11-13-18(14-12-17)26(23,24)21-15(2)19(22)20-16-9-7-5-4-6-8-10-16/h11-16,21H,3-10H2,1-2H3,(H,20,22)/t15-/m1/s1. The summed E-state index contributed by atoms with van der Waals surface area (Å²) in [5, 5.41) is 3.00. The van der Waals surface area contributed by atoms with E-state index >= 15 is 0 Å². The van der Waals surface area contributed by atoms with Gasteiger partial charge in [-0.05, 0) is 51.0 Å². The van der Waals surface area contributed by atoms with Crippen LogP contribution in [0.15, 0.2) is 29.2 Å². The van der Waals surface area contributed by atoms with Gasteiger partial charge in [-0.1, -0.05) is 32.1 Å². The third kappa shape index (κ3) is 6.29. The van der Waals surface area contributed by atoms with Crippen molar-refractivity contribution in [2.75, 3.05) is 6.61 Å². The fourth-order valence-corrected chi connectivity index (χ4v) is 4.37. The Labute approximate surface area is 156 Å². The van der Waals surface area contributed by atoms with Crippen LogP contribution >= 0.6 is 0 Å². The molecule has 1 atom stereocenters. The van der Waals surface area contributed by atoms with Crippen LogP contribution in [0.4, 0.5) is 0 Å². The predicted octanol–water partition coefficient (Wildman–Crippen LogP) is 2.98. The Hall–Kier alpha value is -1.60. The van der Waals surface area contributed by atoms with Crippen LogP contribution in [0.3, 0.4) is 0 Å². The number of amides is 1. The molecule has 2 rings (SSSR count). The lowest BCUT2D eigenvalue weighted by atomic mass is 9.96. The van der Waals surface area contributed by atoms with Crippen LogP contribution in [0.25, 0.3) is 0 Å². The number of carbonyl (C=O) groups excluding carboxylic acids is 1. The van der Waals surface area contributed by atoms with Crippen molar-refractivity contribution in [2.45, 2.75) is 75.8 Å². The van der Waals surface area contributed by atoms with Gasteiger partial charge in [-0.15, -0.1) is 0 Å². The van der Waals surface area contributed by atoms with Crippen molar-refractivity contribution in [3.05, 3.63) is 24.3 Å². The molecule has 0 bridgehead atoms. The molecule has 0 aromatic heterocycles. The van der Waals surface area contributed by atoms with Crippen LogP contribution in [-0.2, 0) is 14.8 Å². The molecule has 1 saturated carbocycles. The molecule has 0 aliphatic heterocycles. The molecular formula is C19H30N2O4S. The smallest absolute Gasteiger partial charge is 0.241 e. The lowest BCUT2D eigenvalue weighted by Gasteiger charge is -2.23. The molecular weight excluding hydrogens is 352 g/mol. The number of ether oxygens (including phenoxy) is 1. The third-order valence-electron chi connectivity index (χ3n) is 4.62. The average Bonchev–Trinajstić information content (AvgIpc) is 2.57. The van der Waals surface area contributed by atoms with Gasteiger partial charge in [0, 0.05) is 6.04 Å². The van der Waals surface area contributed by atoms with E-state index in [9.17, 15) is 13.2 Å². The maximum atomic E-state index is 12.5. The van der Waals surface area contributed by atoms with Crippen molar-refractivity contribution in [1.82, 2.24) is 10.0 Å². The van der Waals surface area contributed by atoms with E-state index in [1.165, 1.54) is 31.4 Å². The van der Waals surface area contributed by atoms with E-state index in [-0.39, 0.29) is 16.8 Å². The number of nitrogens with one attached hydrogen (secondary N) is 2. The number of hydrogen-bond donors (Lipinski definition) is 2. The van der Waals surface area contributed by atoms with E-state index in [0.717, 1.165) is 25.7 Å². The van der Waals surface area contributed by atoms with Gasteiger partial charge in [0.05, 0.1) is 17.5 Å². The Morgan fingerprint density at radius 1 is 1.12 bits per heavy atom. The Bertz CT molecular complexity index is 665. The third-order valence-corrected chi connectivity index (χ3v) is 6.18. The quantitative estimate of drug-likeness (QED) is 0.759. The number of hydrogen-bond acceptors (Lipinski definition) is 4. The minimum absolute atomic E-state index is 0.117. The molecule has 0 saturated heterocycles. The van der Waals surface area contributed by atoms with Crippen molar-refractivity contribution in [3.63, 3.8) is 0 Å². The summed E-state index contributed by atoms with van der Waals surface area (Å²) in [6.45, 7) is 3.95. The predicted molar refractivity (Wildman–Crippen MR) is 102 cm³/mol. The molecule has 7 heteroatoms. The topological polar surface area (TPSA) is 84.5 Å². The van der Waals surface area contributed by atoms with Crippen LogP contribution in [0, 0.1) is 0 Å². The van der Waals surface area contributed by atoms with Gasteiger partial charge < -0.3 is 10.1 Å². The molecule has 1 aromatic carbocycles. The Balaban J connectivity index is 1.93. The molecule has 1 aliphatic carbocycles. The van der Waals surface area contributed by atoms with E-state index in [0.29, 0.717) is 12.4 Å². The number of carbonyl (C=O) groups is 1. The van der Waals surface area contributed by atoms with Crippen molar-refractivity contribution in [1.29, 1.82) is 0 Å². The monoisotopic (exact) mass is 382 g/mol. The molecule has 146 valence electrons. The first-order chi connectivity index (χ1) is 12.4. The largest absolute Gasteiger partial charge is 0.494 e. The summed E-state index contributed by atoms with van der Waals surface area (Å²) in [5.41, 5.74) is 0. The van der Waals surface area contributed by atoms with Gasteiger partial charge in [0.1, 0.15) is 5.75 Å². The highest BCUT2D eigenvalue weighted by atomic mass is 32.2. The highest BCUT2D eigenvalue weighted by molar-refractivity contribution is 7.89. The zero-order valence-corrected chi connectivity index (χ0v) is 16.5. The number of sulfonamides is 1. The van der Waals surface area contributed by atoms with Crippen molar-refractivity contribution in [2.24, 2.45) is 0 Å². The summed E-state index contributed by atoms with van der Waals surface area (Å²) >= 11 is 0. The molecule has 1 fully saturated rings. The molecule has 0 unspecified atom stereocenters. The molecule has 2 N–H and O–H groups in total. The Kier molecular flexibility index (Phi) is 7.90. The minimum atomic E-state index is -3.76. The van der Waals surface area contributed by atoms with Crippen molar-refractivity contribution >= 4 is 15.9 Å². The second kappa shape index (κ2) is 9.92. The van der Waals surface area contributed by atoms with E-state index in [1.807, 2.05) is 6.92 Å². The van der Waals surface area contributed by atoms with Crippen LogP contribution in [0.2, 0.25) is 0 Å². The van der Waals surface area contributed by atoms with Crippen molar-refractivity contribution in [3.8, 4) is 5.75 Å². The fourth-order valence-electron chi connectivity index (χ4n) is 3.16. The molecule has 0 spiro atoms. The van der Waals surface area contributed by atoms with E-state index in [2.05, 4.69) is 10.0 Å². The molecule has 1 amide bonds. The van der Waals surface area contributed by atoms with E-state index in [4.69, 9.17) is 4.74 Å². The Morgan fingerprint density at radius 2 is 1.69 bits per heavy atom. The first-order valence-corrected chi connectivity index (χ1v) is 11.0. The van der Waals surface area contributed by atoms with Crippen LogP contribution < -0.4 is 14.8 Å². The SMILES string of the molecule is CCOc1ccc(S(=O)(=O)N[C@H](C)C(=O)NC2CCCCCCC2)cc1. The average molecular weight is 383 g/mol. The zero-order chi connectivity index (χ0) is 19.0. The fraction of sp³-hybridized carbons (Fsp3) is 0.632. The molecule has 0 heterocycles. The summed E-state index contributed by atoms with van der Waals surface area (Å²) in [6.07, 6.45) is 7.81. The van der Waals surface area contributed by atoms with Crippen LogP contribution in [-0.4, -0.2) is 33.0 Å². The number of benzene rings is 1. The second-order valence-corrected chi connectivity index (χ2v) is 8.51. The van der Waals surface area contributed by atoms with Gasteiger partial charge in [-0.25, -0.2) is 8.42 Å². The summed E-state index contributed by atoms with van der Waals surface area (Å²) < 4.78 is 32.7. The lowest BCUT2D eigenvalue weighted by molar-refractivity contribution is -0.123. The highest BCUT2D eigenvalue weighted by Gasteiger charge is 2.24. The summed E-state index contributed by atoms with van der Waals surface area (Å²) in [6, 6.07) is 5.49. The Morgan fingerprint density at radius 3 is 2.27 bits per heavy atom. The second-order valence-electron chi connectivity index (χ2n) is 6.80. The minimum Gasteiger partial charge on any atom is -0.494 e. The summed E-state index contributed by atoms with van der Waals surface area (Å²) in [4.78, 5) is 12.5. The maximum Gasteiger partial charge on any atom is 0.241 e. The van der Waals surface area contributed by atoms with Gasteiger partial charge in [-0.3, -0.25) is 4.79 Å². The normalized spacial score (nSPS) is 17.8. The molecule has 0 radical (unpaired) electrons. The molecule has 1 aromatic rings. The molecule has 26 heavy (non-hydrogen) atoms. The van der Waals surface area contributed by atoms with Crippen LogP contribution in [0.1, 0.15) is 58.8 Å². The molecule has 1 aliphatic rings. The van der Waals surface area contributed by atoms with E-state index in [1.54, 1.807) is 19.1 Å². The van der Waals surface area contributed by atoms with Gasteiger partial charge in [-0.2, -0.15) is 4.72 Å². The molecule has 6 nitrogen and oxygen atoms in total. The van der Waals surface area contributed by atoms with Gasteiger partial charge in [0.15, 0.2) is 0 Å². The van der Waals surface area contributed by atoms with Crippen LogP contribution in [0.5, 0.6) is 5.75 Å². The maximum absolute atomic E-state index is 12.5. The van der Waals surface area contributed by atoms with Gasteiger partial charge in [0.25, 0.3) is 0 Å². The summed E-state index contributed by atoms with van der Waals surface area (Å²) in [5.74, 6) is 0.339. The van der Waals surface area contributed by atoms with Gasteiger partial charge >= 0.3 is 0 Å². The first kappa shape index (κ1) is 20.7. The van der Waals surface area contributed by atoms with E-state index < -0.39 is 16.1 Å². The highest BCUT2D eigenvalue weighted by Crippen LogP contribution is 2.18. The lowest BCUT2D eigenvalue weighted by Crippen LogP contribution is -2.48. The number of rotatable bonds is 7. The first-order valence-electron chi connectivity index (χ1n) is 9.48. The van der Waals surface area contributed by atoms with Gasteiger partial charge in [0.2, 0.25) is 15.9 Å². The zero-order valence-electron chi connectivity index (χ0n) is 15.7.